The first-order valence-electron chi connectivity index (χ1n) is 9.40. The van der Waals surface area contributed by atoms with Gasteiger partial charge in [-0.05, 0) is 25.0 Å². The van der Waals surface area contributed by atoms with Crippen molar-refractivity contribution in [3.05, 3.63) is 39.7 Å². The van der Waals surface area contributed by atoms with E-state index in [0.29, 0.717) is 5.92 Å². The molecule has 0 unspecified atom stereocenters. The summed E-state index contributed by atoms with van der Waals surface area (Å²) in [7, 11) is 0. The summed E-state index contributed by atoms with van der Waals surface area (Å²) >= 11 is 1.79. The Morgan fingerprint density at radius 2 is 1.48 bits per heavy atom. The largest absolute Gasteiger partial charge is 0.465 e. The molecule has 0 saturated heterocycles. The zero-order chi connectivity index (χ0) is 19.0. The summed E-state index contributed by atoms with van der Waals surface area (Å²) in [6.45, 7) is 20.2. The lowest BCUT2D eigenvalue weighted by Gasteiger charge is -2.29. The molecule has 0 radical (unpaired) electrons. The minimum absolute atomic E-state index is 0.0255. The molecule has 0 atom stereocenters. The second-order valence-corrected chi connectivity index (χ2v) is 10.8. The molecule has 0 aromatic carbocycles. The van der Waals surface area contributed by atoms with E-state index in [1.54, 1.807) is 11.3 Å². The molecule has 0 fully saturated rings. The van der Waals surface area contributed by atoms with Crippen molar-refractivity contribution in [1.29, 1.82) is 0 Å². The van der Waals surface area contributed by atoms with Crippen molar-refractivity contribution in [2.75, 3.05) is 0 Å². The first-order chi connectivity index (χ1) is 11.3. The second kappa shape index (κ2) is 6.90. The highest BCUT2D eigenvalue weighted by Crippen LogP contribution is 2.38. The molecular weight excluding hydrogens is 326 g/mol. The van der Waals surface area contributed by atoms with Crippen LogP contribution < -0.4 is 0 Å². The Balaban J connectivity index is 2.10. The van der Waals surface area contributed by atoms with Gasteiger partial charge >= 0.3 is 0 Å². The predicted molar refractivity (Wildman–Crippen MR) is 109 cm³/mol. The van der Waals surface area contributed by atoms with E-state index in [0.717, 1.165) is 24.4 Å². The molecule has 25 heavy (non-hydrogen) atoms. The van der Waals surface area contributed by atoms with Crippen LogP contribution in [0.3, 0.4) is 0 Å². The normalized spacial score (nSPS) is 13.7. The number of nitrogens with zero attached hydrogens (tertiary/aromatic N) is 1. The van der Waals surface area contributed by atoms with Crippen molar-refractivity contribution in [1.82, 2.24) is 4.98 Å². The SMILES string of the molecule is CC(C)c1nc(C(C)(C)CCC(C)(C)c2ccc(C(C)(C)C)o2)cs1. The van der Waals surface area contributed by atoms with Gasteiger partial charge in [0.05, 0.1) is 10.7 Å². The maximum atomic E-state index is 6.21. The molecule has 2 heterocycles. The molecular formula is C22H35NOS. The first-order valence-corrected chi connectivity index (χ1v) is 10.3. The van der Waals surface area contributed by atoms with Crippen molar-refractivity contribution in [2.24, 2.45) is 0 Å². The fourth-order valence-corrected chi connectivity index (χ4v) is 3.87. The van der Waals surface area contributed by atoms with E-state index < -0.39 is 0 Å². The Bertz CT molecular complexity index is 698. The monoisotopic (exact) mass is 361 g/mol. The predicted octanol–water partition coefficient (Wildman–Crippen LogP) is 7.19. The molecule has 0 amide bonds. The van der Waals surface area contributed by atoms with E-state index >= 15 is 0 Å². The summed E-state index contributed by atoms with van der Waals surface area (Å²) in [5.74, 6) is 2.66. The van der Waals surface area contributed by atoms with E-state index in [1.165, 1.54) is 10.7 Å². The third-order valence-electron chi connectivity index (χ3n) is 5.10. The topological polar surface area (TPSA) is 26.0 Å². The zero-order valence-corrected chi connectivity index (χ0v) is 18.3. The molecule has 2 aromatic heterocycles. The summed E-state index contributed by atoms with van der Waals surface area (Å²) in [5.41, 5.74) is 1.39. The molecule has 0 aliphatic rings. The number of furan rings is 1. The van der Waals surface area contributed by atoms with E-state index in [2.05, 4.69) is 79.8 Å². The zero-order valence-electron chi connectivity index (χ0n) is 17.5. The fraction of sp³-hybridized carbons (Fsp3) is 0.682. The van der Waals surface area contributed by atoms with Crippen LogP contribution in [0.1, 0.15) is 103 Å². The molecule has 0 aliphatic carbocycles. The van der Waals surface area contributed by atoms with Crippen LogP contribution in [0, 0.1) is 0 Å². The highest BCUT2D eigenvalue weighted by Gasteiger charge is 2.31. The van der Waals surface area contributed by atoms with Crippen molar-refractivity contribution >= 4 is 11.3 Å². The lowest BCUT2D eigenvalue weighted by Crippen LogP contribution is -2.24. The molecule has 0 saturated carbocycles. The standard InChI is InChI=1S/C22H35NOS/c1-15(2)19-23-16(14-25-19)21(6,7)12-13-22(8,9)18-11-10-17(24-18)20(3,4)5/h10-11,14-15H,12-13H2,1-9H3. The molecule has 2 aromatic rings. The van der Waals surface area contributed by atoms with Gasteiger partial charge < -0.3 is 4.42 Å². The van der Waals surface area contributed by atoms with Gasteiger partial charge in [-0.15, -0.1) is 11.3 Å². The molecule has 2 rings (SSSR count). The quantitative estimate of drug-likeness (QED) is 0.544. The Kier molecular flexibility index (Phi) is 5.59. The van der Waals surface area contributed by atoms with E-state index in [4.69, 9.17) is 9.40 Å². The number of rotatable bonds is 6. The Morgan fingerprint density at radius 1 is 0.920 bits per heavy atom. The third kappa shape index (κ3) is 4.75. The van der Waals surface area contributed by atoms with E-state index in [-0.39, 0.29) is 16.2 Å². The van der Waals surface area contributed by atoms with E-state index in [1.807, 2.05) is 0 Å². The minimum Gasteiger partial charge on any atom is -0.465 e. The van der Waals surface area contributed by atoms with Gasteiger partial charge in [-0.25, -0.2) is 4.98 Å². The summed E-state index contributed by atoms with van der Waals surface area (Å²) in [5, 5.41) is 3.48. The van der Waals surface area contributed by atoms with Gasteiger partial charge in [0.2, 0.25) is 0 Å². The van der Waals surface area contributed by atoms with Gasteiger partial charge in [-0.1, -0.05) is 62.3 Å². The molecule has 2 nitrogen and oxygen atoms in total. The van der Waals surface area contributed by atoms with Crippen LogP contribution in [0.2, 0.25) is 0 Å². The molecule has 0 spiro atoms. The van der Waals surface area contributed by atoms with Crippen LogP contribution in [0.4, 0.5) is 0 Å². The molecule has 3 heteroatoms. The number of hydrogen-bond donors (Lipinski definition) is 0. The average Bonchev–Trinajstić information content (AvgIpc) is 3.14. The fourth-order valence-electron chi connectivity index (χ4n) is 2.84. The van der Waals surface area contributed by atoms with Crippen molar-refractivity contribution in [3.8, 4) is 0 Å². The first kappa shape index (κ1) is 20.2. The second-order valence-electron chi connectivity index (χ2n) is 9.91. The average molecular weight is 362 g/mol. The van der Waals surface area contributed by atoms with Crippen molar-refractivity contribution < 1.29 is 4.42 Å². The lowest BCUT2D eigenvalue weighted by molar-refractivity contribution is 0.295. The number of aromatic nitrogens is 1. The molecule has 0 aliphatic heterocycles. The minimum atomic E-state index is 0.0255. The third-order valence-corrected chi connectivity index (χ3v) is 6.24. The summed E-state index contributed by atoms with van der Waals surface area (Å²) in [6.07, 6.45) is 2.17. The molecule has 0 bridgehead atoms. The molecule has 140 valence electrons. The van der Waals surface area contributed by atoms with Crippen molar-refractivity contribution in [2.45, 2.75) is 97.3 Å². The van der Waals surface area contributed by atoms with Gasteiger partial charge in [0.1, 0.15) is 11.5 Å². The van der Waals surface area contributed by atoms with Crippen LogP contribution in [0.5, 0.6) is 0 Å². The Labute approximate surface area is 158 Å². The Hall–Kier alpha value is -1.09. The van der Waals surface area contributed by atoms with Gasteiger partial charge in [-0.2, -0.15) is 0 Å². The van der Waals surface area contributed by atoms with Gasteiger partial charge in [0.15, 0.2) is 0 Å². The van der Waals surface area contributed by atoms with Crippen LogP contribution in [-0.2, 0) is 16.2 Å². The summed E-state index contributed by atoms with van der Waals surface area (Å²) in [4.78, 5) is 4.89. The summed E-state index contributed by atoms with van der Waals surface area (Å²) < 4.78 is 6.21. The number of hydrogen-bond acceptors (Lipinski definition) is 3. The summed E-state index contributed by atoms with van der Waals surface area (Å²) in [6, 6.07) is 4.30. The number of thiazole rings is 1. The van der Waals surface area contributed by atoms with Gasteiger partial charge in [-0.3, -0.25) is 0 Å². The van der Waals surface area contributed by atoms with Gasteiger partial charge in [0.25, 0.3) is 0 Å². The molecule has 0 N–H and O–H groups in total. The Morgan fingerprint density at radius 3 is 1.96 bits per heavy atom. The maximum absolute atomic E-state index is 6.21. The van der Waals surface area contributed by atoms with Crippen molar-refractivity contribution in [3.63, 3.8) is 0 Å². The highest BCUT2D eigenvalue weighted by atomic mass is 32.1. The lowest BCUT2D eigenvalue weighted by atomic mass is 9.76. The maximum Gasteiger partial charge on any atom is 0.109 e. The van der Waals surface area contributed by atoms with Gasteiger partial charge in [0, 0.05) is 27.5 Å². The van der Waals surface area contributed by atoms with Crippen LogP contribution >= 0.6 is 11.3 Å². The smallest absolute Gasteiger partial charge is 0.109 e. The van der Waals surface area contributed by atoms with Crippen LogP contribution in [0.15, 0.2) is 21.9 Å². The highest BCUT2D eigenvalue weighted by molar-refractivity contribution is 7.09. The van der Waals surface area contributed by atoms with Crippen LogP contribution in [-0.4, -0.2) is 4.98 Å². The van der Waals surface area contributed by atoms with Crippen LogP contribution in [0.25, 0.3) is 0 Å². The van der Waals surface area contributed by atoms with E-state index in [9.17, 15) is 0 Å².